The van der Waals surface area contributed by atoms with Crippen LogP contribution in [0.4, 0.5) is 18.0 Å². The van der Waals surface area contributed by atoms with Crippen molar-refractivity contribution in [3.05, 3.63) is 47.2 Å². The SMILES string of the molecule is Cc1nc2ccc(C(F)(F)F)cc2c2c1OC1(CC2)CC2C(=O)NC3(C(=O)NS(=O)(=O)C4(C)CC4)CC3C=CCCCCCC(C=O)(NC(=O)OCC(C)C)CN2C1. The number of allylic oxidation sites excluding steroid dienone is 1. The Balaban J connectivity index is 1.25. The average Bonchev–Trinajstić information content (AvgIpc) is 4.05. The first kappa shape index (κ1) is 41.9. The molecule has 0 bridgehead atoms. The number of rotatable bonds is 7. The quantitative estimate of drug-likeness (QED) is 0.242. The van der Waals surface area contributed by atoms with Crippen LogP contribution >= 0.6 is 0 Å². The number of alkyl carbamates (subject to hydrolysis) is 1. The van der Waals surface area contributed by atoms with Gasteiger partial charge in [0, 0.05) is 36.4 Å². The summed E-state index contributed by atoms with van der Waals surface area (Å²) in [5.74, 6) is -1.53. The van der Waals surface area contributed by atoms with Gasteiger partial charge in [0.05, 0.1) is 34.2 Å². The Morgan fingerprint density at radius 2 is 1.88 bits per heavy atom. The Labute approximate surface area is 336 Å². The van der Waals surface area contributed by atoms with Crippen LogP contribution < -0.4 is 20.1 Å². The number of aromatic nitrogens is 1. The molecule has 1 aromatic heterocycles. The molecular formula is C41H52F3N5O8S. The van der Waals surface area contributed by atoms with E-state index in [0.29, 0.717) is 79.1 Å². The van der Waals surface area contributed by atoms with Gasteiger partial charge in [-0.25, -0.2) is 18.2 Å². The highest BCUT2D eigenvalue weighted by molar-refractivity contribution is 7.91. The average molecular weight is 832 g/mol. The Morgan fingerprint density at radius 3 is 2.57 bits per heavy atom. The number of nitrogens with one attached hydrogen (secondary N) is 3. The minimum Gasteiger partial charge on any atom is -0.484 e. The maximum atomic E-state index is 14.7. The molecule has 5 atom stereocenters. The first-order valence-electron chi connectivity index (χ1n) is 20.1. The molecular weight excluding hydrogens is 780 g/mol. The van der Waals surface area contributed by atoms with E-state index in [2.05, 4.69) is 20.3 Å². The molecule has 17 heteroatoms. The van der Waals surface area contributed by atoms with E-state index >= 15 is 0 Å². The number of alkyl halides is 3. The van der Waals surface area contributed by atoms with Crippen molar-refractivity contribution in [3.8, 4) is 5.75 Å². The predicted octanol–water partition coefficient (Wildman–Crippen LogP) is 5.41. The van der Waals surface area contributed by atoms with Crippen LogP contribution in [0, 0.1) is 18.8 Å². The molecule has 3 N–H and O–H groups in total. The van der Waals surface area contributed by atoms with E-state index in [1.807, 2.05) is 26.0 Å². The Morgan fingerprint density at radius 1 is 1.12 bits per heavy atom. The van der Waals surface area contributed by atoms with Gasteiger partial charge in [0.15, 0.2) is 0 Å². The lowest BCUT2D eigenvalue weighted by Gasteiger charge is -2.38. The molecule has 1 aromatic carbocycles. The minimum atomic E-state index is -4.57. The smallest absolute Gasteiger partial charge is 0.416 e. The normalized spacial score (nSPS) is 29.8. The van der Waals surface area contributed by atoms with Crippen molar-refractivity contribution in [2.24, 2.45) is 11.8 Å². The number of fused-ring (bicyclic) bond motifs is 5. The van der Waals surface area contributed by atoms with E-state index in [1.165, 1.54) is 6.07 Å². The predicted molar refractivity (Wildman–Crippen MR) is 207 cm³/mol. The van der Waals surface area contributed by atoms with Crippen LogP contribution in [0.15, 0.2) is 30.4 Å². The van der Waals surface area contributed by atoms with E-state index in [4.69, 9.17) is 9.47 Å². The van der Waals surface area contributed by atoms with E-state index in [9.17, 15) is 40.8 Å². The monoisotopic (exact) mass is 831 g/mol. The second-order valence-electron chi connectivity index (χ2n) is 17.7. The number of benzene rings is 1. The summed E-state index contributed by atoms with van der Waals surface area (Å²) < 4.78 is 81.2. The fraction of sp³-hybridized carbons (Fsp3) is 0.634. The molecule has 0 radical (unpaired) electrons. The summed E-state index contributed by atoms with van der Waals surface area (Å²) in [6.07, 6.45) is 3.60. The van der Waals surface area contributed by atoms with Crippen molar-refractivity contribution in [1.82, 2.24) is 25.2 Å². The van der Waals surface area contributed by atoms with E-state index in [1.54, 1.807) is 18.7 Å². The van der Waals surface area contributed by atoms with Crippen molar-refractivity contribution in [3.63, 3.8) is 0 Å². The Bertz CT molecular complexity index is 2140. The topological polar surface area (TPSA) is 173 Å². The summed E-state index contributed by atoms with van der Waals surface area (Å²) in [4.78, 5) is 61.4. The van der Waals surface area contributed by atoms with Crippen LogP contribution in [0.5, 0.6) is 5.75 Å². The second kappa shape index (κ2) is 15.1. The molecule has 7 rings (SSSR count). The molecule has 3 amide bonds. The highest BCUT2D eigenvalue weighted by Crippen LogP contribution is 2.49. The molecule has 2 saturated carbocycles. The number of hydrogen-bond acceptors (Lipinski definition) is 10. The van der Waals surface area contributed by atoms with Gasteiger partial charge in [0.25, 0.3) is 5.91 Å². The third-order valence-electron chi connectivity index (χ3n) is 12.6. The highest BCUT2D eigenvalue weighted by Gasteiger charge is 2.63. The number of hydrogen-bond donors (Lipinski definition) is 3. The zero-order valence-corrected chi connectivity index (χ0v) is 34.1. The molecule has 4 heterocycles. The molecule has 2 aliphatic carbocycles. The first-order valence-corrected chi connectivity index (χ1v) is 21.6. The minimum absolute atomic E-state index is 0.0322. The number of carbonyl (C=O) groups excluding carboxylic acids is 4. The summed E-state index contributed by atoms with van der Waals surface area (Å²) in [6.45, 7) is 7.11. The van der Waals surface area contributed by atoms with Crippen LogP contribution in [-0.4, -0.2) is 89.7 Å². The summed E-state index contributed by atoms with van der Waals surface area (Å²) >= 11 is 0. The zero-order valence-electron chi connectivity index (χ0n) is 33.3. The van der Waals surface area contributed by atoms with Crippen molar-refractivity contribution < 1.29 is 50.2 Å². The Hall–Kier alpha value is -4.25. The van der Waals surface area contributed by atoms with Gasteiger partial charge in [0.2, 0.25) is 15.9 Å². The zero-order chi connectivity index (χ0) is 41.9. The number of halogens is 3. The fourth-order valence-corrected chi connectivity index (χ4v) is 10.0. The van der Waals surface area contributed by atoms with Crippen LogP contribution in [0.3, 0.4) is 0 Å². The molecule has 316 valence electrons. The highest BCUT2D eigenvalue weighted by atomic mass is 32.2. The number of amides is 3. The van der Waals surface area contributed by atoms with E-state index < -0.39 is 73.1 Å². The van der Waals surface area contributed by atoms with E-state index in [0.717, 1.165) is 18.6 Å². The lowest BCUT2D eigenvalue weighted by molar-refractivity contribution is -0.137. The van der Waals surface area contributed by atoms with Crippen LogP contribution in [0.25, 0.3) is 10.9 Å². The van der Waals surface area contributed by atoms with Gasteiger partial charge >= 0.3 is 12.3 Å². The Kier molecular flexibility index (Phi) is 10.9. The van der Waals surface area contributed by atoms with Gasteiger partial charge < -0.3 is 24.9 Å². The van der Waals surface area contributed by atoms with Crippen molar-refractivity contribution in [2.45, 2.75) is 132 Å². The van der Waals surface area contributed by atoms with Gasteiger partial charge in [-0.2, -0.15) is 13.2 Å². The van der Waals surface area contributed by atoms with Crippen molar-refractivity contribution in [2.75, 3.05) is 19.7 Å². The summed E-state index contributed by atoms with van der Waals surface area (Å²) in [5.41, 5.74) is -3.53. The standard InChI is InChI=1S/C41H52F3N5O8S/c1-25(2)21-56-36(53)47-38(24-50)14-9-7-5-6-8-10-28-19-40(28,35(52)48-58(54,55)37(4)16-17-37)46-34(51)32-20-39(23-49(32)22-38)15-13-29-30-18-27(41(42,43)44)11-12-31(30)45-26(3)33(29)57-39/h8,10-12,18,24-25,28,32H,5-7,9,13-17,19-23H2,1-4H3,(H,46,51)(H,47,53)(H,48,52). The summed E-state index contributed by atoms with van der Waals surface area (Å²) in [7, 11) is -4.03. The van der Waals surface area contributed by atoms with Crippen LogP contribution in [0.1, 0.15) is 102 Å². The van der Waals surface area contributed by atoms with Crippen LogP contribution in [0.2, 0.25) is 0 Å². The van der Waals surface area contributed by atoms with Crippen LogP contribution in [-0.2, 0) is 41.7 Å². The molecule has 1 saturated heterocycles. The van der Waals surface area contributed by atoms with Gasteiger partial charge in [0.1, 0.15) is 28.7 Å². The lowest BCUT2D eigenvalue weighted by atomic mass is 9.87. The van der Waals surface area contributed by atoms with Gasteiger partial charge in [-0.1, -0.05) is 38.8 Å². The molecule has 3 aliphatic heterocycles. The van der Waals surface area contributed by atoms with Crippen molar-refractivity contribution in [1.29, 1.82) is 0 Å². The third kappa shape index (κ3) is 8.17. The van der Waals surface area contributed by atoms with Gasteiger partial charge in [-0.05, 0) is 89.3 Å². The molecule has 1 spiro atoms. The molecule has 58 heavy (non-hydrogen) atoms. The maximum Gasteiger partial charge on any atom is 0.416 e. The number of carbonyl (C=O) groups is 4. The molecule has 5 aliphatic rings. The number of aldehydes is 1. The summed E-state index contributed by atoms with van der Waals surface area (Å²) in [5, 5.41) is 6.06. The third-order valence-corrected chi connectivity index (χ3v) is 14.7. The number of ether oxygens (including phenoxy) is 2. The second-order valence-corrected chi connectivity index (χ2v) is 19.9. The molecule has 2 aromatic rings. The first-order chi connectivity index (χ1) is 27.2. The van der Waals surface area contributed by atoms with E-state index in [-0.39, 0.29) is 44.9 Å². The number of pyridine rings is 1. The lowest BCUT2D eigenvalue weighted by Crippen LogP contribution is -2.61. The molecule has 3 fully saturated rings. The fourth-order valence-electron chi connectivity index (χ4n) is 8.69. The van der Waals surface area contributed by atoms with Gasteiger partial charge in [-0.3, -0.25) is 19.2 Å². The largest absolute Gasteiger partial charge is 0.484 e. The van der Waals surface area contributed by atoms with Crippen molar-refractivity contribution >= 4 is 45.1 Å². The summed E-state index contributed by atoms with van der Waals surface area (Å²) in [6, 6.07) is 2.38. The number of sulfonamides is 1. The number of aryl methyl sites for hydroxylation is 2. The molecule has 5 unspecified atom stereocenters. The number of nitrogens with zero attached hydrogens (tertiary/aromatic N) is 2. The molecule has 13 nitrogen and oxygen atoms in total. The maximum absolute atomic E-state index is 14.7. The van der Waals surface area contributed by atoms with Gasteiger partial charge in [-0.15, -0.1) is 0 Å².